The van der Waals surface area contributed by atoms with Crippen LogP contribution in [-0.2, 0) is 0 Å². The molecule has 0 atom stereocenters. The molecule has 3 heteroatoms. The van der Waals surface area contributed by atoms with E-state index >= 15 is 0 Å². The summed E-state index contributed by atoms with van der Waals surface area (Å²) >= 11 is 0. The standard InChI is InChI=1S/C12H13NO2/c1-9-3-2-4-10-11(15-8-7-14)5-6-13-12(9)10/h2-6,14H,7-8H2,1H3. The van der Waals surface area contributed by atoms with Gasteiger partial charge < -0.3 is 9.84 Å². The molecule has 0 amide bonds. The number of hydrogen-bond donors (Lipinski definition) is 1. The third-order valence-electron chi connectivity index (χ3n) is 2.28. The summed E-state index contributed by atoms with van der Waals surface area (Å²) in [6, 6.07) is 7.79. The number of aryl methyl sites for hydroxylation is 1. The first-order valence-corrected chi connectivity index (χ1v) is 4.91. The summed E-state index contributed by atoms with van der Waals surface area (Å²) in [7, 11) is 0. The van der Waals surface area contributed by atoms with Crippen LogP contribution < -0.4 is 4.74 Å². The number of benzene rings is 1. The molecular weight excluding hydrogens is 190 g/mol. The van der Waals surface area contributed by atoms with Crippen LogP contribution >= 0.6 is 0 Å². The van der Waals surface area contributed by atoms with Crippen LogP contribution in [0.4, 0.5) is 0 Å². The van der Waals surface area contributed by atoms with Gasteiger partial charge in [-0.1, -0.05) is 12.1 Å². The predicted molar refractivity (Wildman–Crippen MR) is 59.1 cm³/mol. The minimum Gasteiger partial charge on any atom is -0.490 e. The van der Waals surface area contributed by atoms with Crippen LogP contribution in [0.1, 0.15) is 5.56 Å². The van der Waals surface area contributed by atoms with Gasteiger partial charge in [-0.3, -0.25) is 4.98 Å². The van der Waals surface area contributed by atoms with E-state index in [-0.39, 0.29) is 6.61 Å². The Morgan fingerprint density at radius 3 is 3.00 bits per heavy atom. The van der Waals surface area contributed by atoms with Crippen molar-refractivity contribution in [1.82, 2.24) is 4.98 Å². The zero-order chi connectivity index (χ0) is 10.7. The molecule has 1 aromatic carbocycles. The van der Waals surface area contributed by atoms with Crippen molar-refractivity contribution in [2.75, 3.05) is 13.2 Å². The average molecular weight is 203 g/mol. The zero-order valence-corrected chi connectivity index (χ0v) is 8.60. The lowest BCUT2D eigenvalue weighted by molar-refractivity contribution is 0.203. The summed E-state index contributed by atoms with van der Waals surface area (Å²) in [4.78, 5) is 4.31. The molecule has 2 aromatic rings. The van der Waals surface area contributed by atoms with Gasteiger partial charge in [0.15, 0.2) is 0 Å². The number of fused-ring (bicyclic) bond motifs is 1. The van der Waals surface area contributed by atoms with Crippen molar-refractivity contribution in [2.24, 2.45) is 0 Å². The molecule has 0 unspecified atom stereocenters. The Bertz CT molecular complexity index is 468. The third-order valence-corrected chi connectivity index (χ3v) is 2.28. The van der Waals surface area contributed by atoms with E-state index in [1.54, 1.807) is 6.20 Å². The molecule has 2 rings (SSSR count). The van der Waals surface area contributed by atoms with Gasteiger partial charge in [0.2, 0.25) is 0 Å². The van der Waals surface area contributed by atoms with Crippen molar-refractivity contribution in [2.45, 2.75) is 6.92 Å². The van der Waals surface area contributed by atoms with E-state index in [4.69, 9.17) is 9.84 Å². The highest BCUT2D eigenvalue weighted by molar-refractivity contribution is 5.87. The fourth-order valence-electron chi connectivity index (χ4n) is 1.58. The van der Waals surface area contributed by atoms with Crippen molar-refractivity contribution >= 4 is 10.9 Å². The monoisotopic (exact) mass is 203 g/mol. The second kappa shape index (κ2) is 4.28. The number of aliphatic hydroxyl groups excluding tert-OH is 1. The minimum absolute atomic E-state index is 0.0234. The highest BCUT2D eigenvalue weighted by Crippen LogP contribution is 2.25. The van der Waals surface area contributed by atoms with Gasteiger partial charge >= 0.3 is 0 Å². The van der Waals surface area contributed by atoms with Crippen LogP contribution in [0, 0.1) is 6.92 Å². The number of pyridine rings is 1. The number of aromatic nitrogens is 1. The Kier molecular flexibility index (Phi) is 2.83. The maximum Gasteiger partial charge on any atom is 0.130 e. The molecule has 78 valence electrons. The van der Waals surface area contributed by atoms with Gasteiger partial charge in [0, 0.05) is 11.6 Å². The molecule has 0 aliphatic rings. The maximum atomic E-state index is 8.71. The van der Waals surface area contributed by atoms with Gasteiger partial charge in [-0.25, -0.2) is 0 Å². The van der Waals surface area contributed by atoms with Crippen LogP contribution in [0.5, 0.6) is 5.75 Å². The number of aliphatic hydroxyl groups is 1. The van der Waals surface area contributed by atoms with Crippen molar-refractivity contribution in [3.05, 3.63) is 36.0 Å². The number of nitrogens with zero attached hydrogens (tertiary/aromatic N) is 1. The van der Waals surface area contributed by atoms with Gasteiger partial charge in [0.25, 0.3) is 0 Å². The van der Waals surface area contributed by atoms with Crippen LogP contribution in [0.2, 0.25) is 0 Å². The fourth-order valence-corrected chi connectivity index (χ4v) is 1.58. The summed E-state index contributed by atoms with van der Waals surface area (Å²) in [5.74, 6) is 0.776. The zero-order valence-electron chi connectivity index (χ0n) is 8.60. The molecule has 0 saturated carbocycles. The SMILES string of the molecule is Cc1cccc2c(OCCO)ccnc12. The summed E-state index contributed by atoms with van der Waals surface area (Å²) in [6.07, 6.45) is 1.72. The van der Waals surface area contributed by atoms with Gasteiger partial charge in [0.05, 0.1) is 12.1 Å². The van der Waals surface area contributed by atoms with Crippen molar-refractivity contribution in [1.29, 1.82) is 0 Å². The molecule has 0 aliphatic heterocycles. The number of para-hydroxylation sites is 1. The van der Waals surface area contributed by atoms with Crippen molar-refractivity contribution in [3.63, 3.8) is 0 Å². The largest absolute Gasteiger partial charge is 0.490 e. The number of rotatable bonds is 3. The molecule has 1 N–H and O–H groups in total. The Balaban J connectivity index is 2.51. The molecule has 1 heterocycles. The maximum absolute atomic E-state index is 8.71. The predicted octanol–water partition coefficient (Wildman–Crippen LogP) is 1.91. The highest BCUT2D eigenvalue weighted by Gasteiger charge is 2.03. The van der Waals surface area contributed by atoms with Gasteiger partial charge in [-0.2, -0.15) is 0 Å². The van der Waals surface area contributed by atoms with E-state index in [1.807, 2.05) is 31.2 Å². The second-order valence-electron chi connectivity index (χ2n) is 3.35. The molecule has 0 radical (unpaired) electrons. The van der Waals surface area contributed by atoms with Crippen LogP contribution in [0.3, 0.4) is 0 Å². The Morgan fingerprint density at radius 2 is 2.20 bits per heavy atom. The van der Waals surface area contributed by atoms with Crippen LogP contribution in [0.15, 0.2) is 30.5 Å². The lowest BCUT2D eigenvalue weighted by Crippen LogP contribution is -2.02. The molecule has 15 heavy (non-hydrogen) atoms. The quantitative estimate of drug-likeness (QED) is 0.828. The van der Waals surface area contributed by atoms with Crippen molar-refractivity contribution in [3.8, 4) is 5.75 Å². The van der Waals surface area contributed by atoms with E-state index in [2.05, 4.69) is 4.98 Å². The van der Waals surface area contributed by atoms with Crippen LogP contribution in [-0.4, -0.2) is 23.3 Å². The first-order chi connectivity index (χ1) is 7.33. The number of hydrogen-bond acceptors (Lipinski definition) is 3. The van der Waals surface area contributed by atoms with Gasteiger partial charge in [0.1, 0.15) is 12.4 Å². The molecule has 0 saturated heterocycles. The second-order valence-corrected chi connectivity index (χ2v) is 3.35. The average Bonchev–Trinajstić information content (AvgIpc) is 2.27. The first kappa shape index (κ1) is 9.93. The molecule has 1 aromatic heterocycles. The van der Waals surface area contributed by atoms with E-state index in [1.165, 1.54) is 0 Å². The molecular formula is C12H13NO2. The molecule has 0 bridgehead atoms. The van der Waals surface area contributed by atoms with E-state index in [0.29, 0.717) is 6.61 Å². The summed E-state index contributed by atoms with van der Waals surface area (Å²) < 4.78 is 5.43. The topological polar surface area (TPSA) is 42.4 Å². The molecule has 0 fully saturated rings. The summed E-state index contributed by atoms with van der Waals surface area (Å²) in [5, 5.41) is 9.71. The Hall–Kier alpha value is -1.61. The summed E-state index contributed by atoms with van der Waals surface area (Å²) in [5.41, 5.74) is 2.08. The van der Waals surface area contributed by atoms with E-state index in [9.17, 15) is 0 Å². The van der Waals surface area contributed by atoms with Crippen LogP contribution in [0.25, 0.3) is 10.9 Å². The van der Waals surface area contributed by atoms with Crippen molar-refractivity contribution < 1.29 is 9.84 Å². The molecule has 0 aliphatic carbocycles. The highest BCUT2D eigenvalue weighted by atomic mass is 16.5. The molecule has 3 nitrogen and oxygen atoms in total. The number of ether oxygens (including phenoxy) is 1. The Morgan fingerprint density at radius 1 is 1.33 bits per heavy atom. The van der Waals surface area contributed by atoms with E-state index in [0.717, 1.165) is 22.2 Å². The Labute approximate surface area is 88.3 Å². The molecule has 0 spiro atoms. The lowest BCUT2D eigenvalue weighted by Gasteiger charge is -2.08. The minimum atomic E-state index is 0.0234. The van der Waals surface area contributed by atoms with Gasteiger partial charge in [-0.05, 0) is 24.6 Å². The smallest absolute Gasteiger partial charge is 0.130 e. The third kappa shape index (κ3) is 1.92. The lowest BCUT2D eigenvalue weighted by atomic mass is 10.1. The fraction of sp³-hybridized carbons (Fsp3) is 0.250. The van der Waals surface area contributed by atoms with Gasteiger partial charge in [-0.15, -0.1) is 0 Å². The van der Waals surface area contributed by atoms with E-state index < -0.39 is 0 Å². The normalized spacial score (nSPS) is 10.5. The summed E-state index contributed by atoms with van der Waals surface area (Å²) in [6.45, 7) is 2.36. The first-order valence-electron chi connectivity index (χ1n) is 4.91.